The average molecular weight is 464 g/mol. The van der Waals surface area contributed by atoms with E-state index in [9.17, 15) is 31.4 Å². The number of benzene rings is 2. The van der Waals surface area contributed by atoms with Gasteiger partial charge >= 0.3 is 12.4 Å². The number of aliphatic hydroxyl groups excluding tert-OH is 1. The summed E-state index contributed by atoms with van der Waals surface area (Å²) in [6.07, 6.45) is -11.4. The first kappa shape index (κ1) is 26.1. The third kappa shape index (κ3) is 8.09. The van der Waals surface area contributed by atoms with Gasteiger partial charge in [0, 0.05) is 6.54 Å². The summed E-state index contributed by atoms with van der Waals surface area (Å²) in [6, 6.07) is 10.9. The van der Waals surface area contributed by atoms with E-state index in [2.05, 4.69) is 5.32 Å². The summed E-state index contributed by atoms with van der Waals surface area (Å²) in [4.78, 5) is 0. The SMILES string of the molecule is C[C@@H](OCCNC(N)C(O)CCc1ccccc1)c1cc(C(F)(F)F)cc(C(F)(F)F)c1. The summed E-state index contributed by atoms with van der Waals surface area (Å²) in [5.41, 5.74) is 3.91. The molecule has 0 heterocycles. The van der Waals surface area contributed by atoms with Crippen molar-refractivity contribution in [1.29, 1.82) is 0 Å². The molecule has 0 amide bonds. The van der Waals surface area contributed by atoms with Gasteiger partial charge in [0.1, 0.15) is 0 Å². The maximum Gasteiger partial charge on any atom is 0.416 e. The van der Waals surface area contributed by atoms with Crippen LogP contribution >= 0.6 is 0 Å². The molecule has 178 valence electrons. The summed E-state index contributed by atoms with van der Waals surface area (Å²) < 4.78 is 83.3. The molecule has 2 aromatic carbocycles. The Hall–Kier alpha value is -2.14. The van der Waals surface area contributed by atoms with Crippen molar-refractivity contribution in [2.75, 3.05) is 13.2 Å². The summed E-state index contributed by atoms with van der Waals surface area (Å²) in [5.74, 6) is 0. The quantitative estimate of drug-likeness (QED) is 0.272. The minimum absolute atomic E-state index is 0.0299. The predicted octanol–water partition coefficient (Wildman–Crippen LogP) is 4.67. The average Bonchev–Trinajstić information content (AvgIpc) is 2.73. The first-order chi connectivity index (χ1) is 14.9. The minimum Gasteiger partial charge on any atom is -0.390 e. The van der Waals surface area contributed by atoms with Crippen molar-refractivity contribution in [2.24, 2.45) is 5.73 Å². The molecule has 0 spiro atoms. The Kier molecular flexibility index (Phi) is 9.08. The van der Waals surface area contributed by atoms with Crippen LogP contribution in [0.3, 0.4) is 0 Å². The van der Waals surface area contributed by atoms with Gasteiger partial charge in [-0.25, -0.2) is 0 Å². The number of nitrogens with one attached hydrogen (secondary N) is 1. The molecule has 4 N–H and O–H groups in total. The second-order valence-electron chi connectivity index (χ2n) is 7.42. The van der Waals surface area contributed by atoms with Gasteiger partial charge in [-0.2, -0.15) is 26.3 Å². The molecule has 2 unspecified atom stereocenters. The molecule has 3 atom stereocenters. The zero-order valence-electron chi connectivity index (χ0n) is 17.4. The van der Waals surface area contributed by atoms with Crippen LogP contribution in [0.1, 0.15) is 41.7 Å². The molecular weight excluding hydrogens is 438 g/mol. The highest BCUT2D eigenvalue weighted by Gasteiger charge is 2.37. The van der Waals surface area contributed by atoms with Crippen molar-refractivity contribution in [3.63, 3.8) is 0 Å². The number of hydrogen-bond donors (Lipinski definition) is 3. The van der Waals surface area contributed by atoms with E-state index in [-0.39, 0.29) is 24.8 Å². The van der Waals surface area contributed by atoms with Crippen LogP contribution in [0.15, 0.2) is 48.5 Å². The highest BCUT2D eigenvalue weighted by Crippen LogP contribution is 2.37. The predicted molar refractivity (Wildman–Crippen MR) is 108 cm³/mol. The second-order valence-corrected chi connectivity index (χ2v) is 7.42. The zero-order valence-corrected chi connectivity index (χ0v) is 17.4. The van der Waals surface area contributed by atoms with Gasteiger partial charge in [-0.3, -0.25) is 5.32 Å². The fourth-order valence-corrected chi connectivity index (χ4v) is 3.05. The first-order valence-corrected chi connectivity index (χ1v) is 10.00. The number of nitrogens with two attached hydrogens (primary N) is 1. The first-order valence-electron chi connectivity index (χ1n) is 10.00. The van der Waals surface area contributed by atoms with Crippen molar-refractivity contribution in [1.82, 2.24) is 5.32 Å². The Labute approximate surface area is 182 Å². The van der Waals surface area contributed by atoms with Crippen LogP contribution in [-0.2, 0) is 23.5 Å². The molecule has 0 saturated carbocycles. The lowest BCUT2D eigenvalue weighted by atomic mass is 10.0. The van der Waals surface area contributed by atoms with Gasteiger partial charge in [-0.05, 0) is 49.1 Å². The van der Waals surface area contributed by atoms with E-state index in [1.165, 1.54) is 6.92 Å². The zero-order chi connectivity index (χ0) is 23.9. The lowest BCUT2D eigenvalue weighted by Crippen LogP contribution is -2.48. The van der Waals surface area contributed by atoms with Crippen LogP contribution in [0.25, 0.3) is 0 Å². The summed E-state index contributed by atoms with van der Waals surface area (Å²) in [5, 5.41) is 13.0. The number of halogens is 6. The van der Waals surface area contributed by atoms with Gasteiger partial charge in [0.05, 0.1) is 36.1 Å². The Balaban J connectivity index is 1.86. The van der Waals surface area contributed by atoms with E-state index in [0.29, 0.717) is 25.0 Å². The Morgan fingerprint density at radius 3 is 2.06 bits per heavy atom. The highest BCUT2D eigenvalue weighted by atomic mass is 19.4. The molecule has 0 bridgehead atoms. The van der Waals surface area contributed by atoms with Gasteiger partial charge in [0.25, 0.3) is 0 Å². The third-order valence-electron chi connectivity index (χ3n) is 4.92. The minimum atomic E-state index is -4.92. The summed E-state index contributed by atoms with van der Waals surface area (Å²) in [7, 11) is 0. The van der Waals surface area contributed by atoms with Gasteiger partial charge in [0.2, 0.25) is 0 Å². The van der Waals surface area contributed by atoms with Crippen LogP contribution < -0.4 is 11.1 Å². The maximum atomic E-state index is 13.0. The molecule has 0 aliphatic carbocycles. The van der Waals surface area contributed by atoms with Gasteiger partial charge in [-0.15, -0.1) is 0 Å². The largest absolute Gasteiger partial charge is 0.416 e. The topological polar surface area (TPSA) is 67.5 Å². The third-order valence-corrected chi connectivity index (χ3v) is 4.92. The van der Waals surface area contributed by atoms with E-state index in [4.69, 9.17) is 10.5 Å². The Morgan fingerprint density at radius 1 is 0.969 bits per heavy atom. The second kappa shape index (κ2) is 11.1. The fourth-order valence-electron chi connectivity index (χ4n) is 3.05. The monoisotopic (exact) mass is 464 g/mol. The lowest BCUT2D eigenvalue weighted by Gasteiger charge is -2.22. The van der Waals surface area contributed by atoms with Gasteiger partial charge in [0.15, 0.2) is 0 Å². The molecule has 0 aliphatic rings. The molecule has 0 radical (unpaired) electrons. The number of ether oxygens (including phenoxy) is 1. The summed E-state index contributed by atoms with van der Waals surface area (Å²) in [6.45, 7) is 1.49. The van der Waals surface area contributed by atoms with Crippen LogP contribution in [0, 0.1) is 0 Å². The molecule has 0 saturated heterocycles. The normalized spacial score (nSPS) is 15.4. The van der Waals surface area contributed by atoms with E-state index >= 15 is 0 Å². The fraction of sp³-hybridized carbons (Fsp3) is 0.455. The molecule has 0 fully saturated rings. The molecule has 0 aromatic heterocycles. The van der Waals surface area contributed by atoms with Crippen LogP contribution in [0.4, 0.5) is 26.3 Å². The van der Waals surface area contributed by atoms with E-state index in [1.807, 2.05) is 30.3 Å². The molecule has 2 rings (SSSR count). The van der Waals surface area contributed by atoms with Crippen molar-refractivity contribution in [2.45, 2.75) is 50.5 Å². The number of rotatable bonds is 10. The van der Waals surface area contributed by atoms with Gasteiger partial charge < -0.3 is 15.6 Å². The number of aryl methyl sites for hydroxylation is 1. The van der Waals surface area contributed by atoms with E-state index in [0.717, 1.165) is 5.56 Å². The standard InChI is InChI=1S/C22H26F6N2O2/c1-14(16-11-17(21(23,24)25)13-18(12-16)22(26,27)28)32-10-9-30-20(29)19(31)8-7-15-5-3-2-4-6-15/h2-6,11-14,19-20,30-31H,7-10,29H2,1H3/t14-,19?,20?/m1/s1. The number of hydrogen-bond acceptors (Lipinski definition) is 4. The van der Waals surface area contributed by atoms with Crippen LogP contribution in [0.5, 0.6) is 0 Å². The number of aliphatic hydroxyl groups is 1. The molecule has 4 nitrogen and oxygen atoms in total. The van der Waals surface area contributed by atoms with Crippen molar-refractivity contribution >= 4 is 0 Å². The van der Waals surface area contributed by atoms with Crippen LogP contribution in [0.2, 0.25) is 0 Å². The maximum absolute atomic E-state index is 13.0. The van der Waals surface area contributed by atoms with Crippen LogP contribution in [-0.4, -0.2) is 30.5 Å². The molecule has 2 aromatic rings. The molecule has 0 aliphatic heterocycles. The van der Waals surface area contributed by atoms with Gasteiger partial charge in [-0.1, -0.05) is 30.3 Å². The van der Waals surface area contributed by atoms with Crippen molar-refractivity contribution < 1.29 is 36.2 Å². The Morgan fingerprint density at radius 2 is 1.53 bits per heavy atom. The molecule has 10 heteroatoms. The van der Waals surface area contributed by atoms with E-state index < -0.39 is 41.9 Å². The smallest absolute Gasteiger partial charge is 0.390 e. The van der Waals surface area contributed by atoms with Crippen molar-refractivity contribution in [3.8, 4) is 0 Å². The molecule has 32 heavy (non-hydrogen) atoms. The summed E-state index contributed by atoms with van der Waals surface area (Å²) >= 11 is 0. The van der Waals surface area contributed by atoms with Crippen molar-refractivity contribution in [3.05, 3.63) is 70.8 Å². The Bertz CT molecular complexity index is 810. The lowest BCUT2D eigenvalue weighted by molar-refractivity contribution is -0.143. The molecular formula is C22H26F6N2O2. The number of alkyl halides is 6. The van der Waals surface area contributed by atoms with E-state index in [1.54, 1.807) is 0 Å². The highest BCUT2D eigenvalue weighted by molar-refractivity contribution is 5.34.